The SMILES string of the molecule is CC=C[C@H]1CC[C@H]([C@H]2CO[C@H](c3ccc(Cl)c(Cl)c3)OC2)CC1. The van der Waals surface area contributed by atoms with E-state index in [0.717, 1.165) is 30.6 Å². The molecule has 3 rings (SSSR count). The summed E-state index contributed by atoms with van der Waals surface area (Å²) in [6.45, 7) is 3.64. The van der Waals surface area contributed by atoms with Crippen LogP contribution in [0, 0.1) is 17.8 Å². The molecule has 1 aliphatic heterocycles. The largest absolute Gasteiger partial charge is 0.348 e. The van der Waals surface area contributed by atoms with Crippen molar-refractivity contribution in [1.82, 2.24) is 0 Å². The molecular weight excluding hydrogens is 331 g/mol. The molecule has 0 radical (unpaired) electrons. The molecule has 1 aliphatic carbocycles. The molecule has 126 valence electrons. The van der Waals surface area contributed by atoms with E-state index in [0.29, 0.717) is 16.0 Å². The molecule has 0 atom stereocenters. The lowest BCUT2D eigenvalue weighted by Crippen LogP contribution is -2.34. The number of rotatable bonds is 3. The second-order valence-corrected chi connectivity index (χ2v) is 7.45. The van der Waals surface area contributed by atoms with Gasteiger partial charge in [-0.2, -0.15) is 0 Å². The van der Waals surface area contributed by atoms with Gasteiger partial charge in [0.25, 0.3) is 0 Å². The highest BCUT2D eigenvalue weighted by atomic mass is 35.5. The van der Waals surface area contributed by atoms with Gasteiger partial charge in [0.1, 0.15) is 0 Å². The first kappa shape index (κ1) is 17.3. The smallest absolute Gasteiger partial charge is 0.183 e. The maximum Gasteiger partial charge on any atom is 0.183 e. The van der Waals surface area contributed by atoms with Crippen LogP contribution in [-0.4, -0.2) is 13.2 Å². The van der Waals surface area contributed by atoms with E-state index in [1.807, 2.05) is 12.1 Å². The Morgan fingerprint density at radius 1 is 0.957 bits per heavy atom. The lowest BCUT2D eigenvalue weighted by atomic mass is 9.76. The van der Waals surface area contributed by atoms with Crippen molar-refractivity contribution in [3.8, 4) is 0 Å². The summed E-state index contributed by atoms with van der Waals surface area (Å²) < 4.78 is 11.9. The summed E-state index contributed by atoms with van der Waals surface area (Å²) in [4.78, 5) is 0. The highest BCUT2D eigenvalue weighted by molar-refractivity contribution is 6.42. The summed E-state index contributed by atoms with van der Waals surface area (Å²) in [7, 11) is 0. The predicted molar refractivity (Wildman–Crippen MR) is 94.9 cm³/mol. The minimum atomic E-state index is -0.319. The molecule has 1 aromatic rings. The van der Waals surface area contributed by atoms with Gasteiger partial charge >= 0.3 is 0 Å². The third-order valence-electron chi connectivity index (χ3n) is 5.09. The Bertz CT molecular complexity index is 542. The number of benzene rings is 1. The van der Waals surface area contributed by atoms with E-state index < -0.39 is 0 Å². The summed E-state index contributed by atoms with van der Waals surface area (Å²) in [6, 6.07) is 5.54. The number of hydrogen-bond donors (Lipinski definition) is 0. The number of halogens is 2. The van der Waals surface area contributed by atoms with Crippen LogP contribution in [0.1, 0.15) is 44.5 Å². The molecular formula is C19H24Cl2O2. The van der Waals surface area contributed by atoms with Gasteiger partial charge in [0.15, 0.2) is 6.29 Å². The lowest BCUT2D eigenvalue weighted by molar-refractivity contribution is -0.214. The third kappa shape index (κ3) is 4.30. The van der Waals surface area contributed by atoms with Gasteiger partial charge in [0.05, 0.1) is 23.3 Å². The molecule has 2 fully saturated rings. The second kappa shape index (κ2) is 8.02. The van der Waals surface area contributed by atoms with Crippen LogP contribution in [0.4, 0.5) is 0 Å². The van der Waals surface area contributed by atoms with E-state index in [4.69, 9.17) is 32.7 Å². The van der Waals surface area contributed by atoms with Crippen LogP contribution in [0.25, 0.3) is 0 Å². The normalized spacial score (nSPS) is 32.3. The zero-order chi connectivity index (χ0) is 16.2. The summed E-state index contributed by atoms with van der Waals surface area (Å²) in [6.07, 6.45) is 9.36. The zero-order valence-corrected chi connectivity index (χ0v) is 15.0. The molecule has 2 nitrogen and oxygen atoms in total. The Balaban J connectivity index is 1.51. The fourth-order valence-electron chi connectivity index (χ4n) is 3.72. The van der Waals surface area contributed by atoms with E-state index in [-0.39, 0.29) is 6.29 Å². The van der Waals surface area contributed by atoms with Gasteiger partial charge in [-0.05, 0) is 56.6 Å². The molecule has 1 heterocycles. The van der Waals surface area contributed by atoms with Gasteiger partial charge in [-0.15, -0.1) is 0 Å². The molecule has 1 saturated heterocycles. The van der Waals surface area contributed by atoms with Crippen molar-refractivity contribution in [1.29, 1.82) is 0 Å². The van der Waals surface area contributed by atoms with Crippen LogP contribution < -0.4 is 0 Å². The van der Waals surface area contributed by atoms with E-state index in [9.17, 15) is 0 Å². The quantitative estimate of drug-likeness (QED) is 0.616. The van der Waals surface area contributed by atoms with E-state index in [2.05, 4.69) is 19.1 Å². The number of ether oxygens (including phenoxy) is 2. The average Bonchev–Trinajstić information content (AvgIpc) is 2.59. The minimum absolute atomic E-state index is 0.319. The van der Waals surface area contributed by atoms with Gasteiger partial charge in [-0.3, -0.25) is 0 Å². The standard InChI is InChI=1S/C19H24Cl2O2/c1-2-3-13-4-6-14(7-5-13)16-11-22-19(23-12-16)15-8-9-17(20)18(21)10-15/h2-3,8-10,13-14,16,19H,4-7,11-12H2,1H3/t13-,14-,16-,19-. The molecule has 0 N–H and O–H groups in total. The van der Waals surface area contributed by atoms with Crippen LogP contribution in [0.3, 0.4) is 0 Å². The summed E-state index contributed by atoms with van der Waals surface area (Å²) >= 11 is 12.0. The van der Waals surface area contributed by atoms with Crippen molar-refractivity contribution in [2.75, 3.05) is 13.2 Å². The Morgan fingerprint density at radius 2 is 1.65 bits per heavy atom. The minimum Gasteiger partial charge on any atom is -0.348 e. The highest BCUT2D eigenvalue weighted by Gasteiger charge is 2.32. The summed E-state index contributed by atoms with van der Waals surface area (Å²) in [5.74, 6) is 2.01. The van der Waals surface area contributed by atoms with Gasteiger partial charge < -0.3 is 9.47 Å². The molecule has 23 heavy (non-hydrogen) atoms. The molecule has 0 amide bonds. The molecule has 1 saturated carbocycles. The van der Waals surface area contributed by atoms with Crippen molar-refractivity contribution in [2.45, 2.75) is 38.9 Å². The van der Waals surface area contributed by atoms with Gasteiger partial charge in [-0.1, -0.05) is 41.4 Å². The highest BCUT2D eigenvalue weighted by Crippen LogP contribution is 2.38. The van der Waals surface area contributed by atoms with Crippen molar-refractivity contribution in [3.63, 3.8) is 0 Å². The van der Waals surface area contributed by atoms with Crippen molar-refractivity contribution >= 4 is 23.2 Å². The van der Waals surface area contributed by atoms with Gasteiger partial charge in [0, 0.05) is 11.5 Å². The van der Waals surface area contributed by atoms with Crippen molar-refractivity contribution in [3.05, 3.63) is 46.0 Å². The Hall–Kier alpha value is -0.540. The van der Waals surface area contributed by atoms with E-state index in [1.165, 1.54) is 25.7 Å². The second-order valence-electron chi connectivity index (χ2n) is 6.63. The topological polar surface area (TPSA) is 18.5 Å². The number of hydrogen-bond acceptors (Lipinski definition) is 2. The Kier molecular flexibility index (Phi) is 6.03. The summed E-state index contributed by atoms with van der Waals surface area (Å²) in [5.41, 5.74) is 0.939. The van der Waals surface area contributed by atoms with Crippen LogP contribution in [0.5, 0.6) is 0 Å². The van der Waals surface area contributed by atoms with Gasteiger partial charge in [-0.25, -0.2) is 0 Å². The fraction of sp³-hybridized carbons (Fsp3) is 0.579. The first-order valence-electron chi connectivity index (χ1n) is 8.48. The first-order valence-corrected chi connectivity index (χ1v) is 9.24. The average molecular weight is 355 g/mol. The molecule has 0 spiro atoms. The van der Waals surface area contributed by atoms with E-state index in [1.54, 1.807) is 6.07 Å². The zero-order valence-electron chi connectivity index (χ0n) is 13.5. The Labute approximate surface area is 148 Å². The Morgan fingerprint density at radius 3 is 2.26 bits per heavy atom. The molecule has 0 unspecified atom stereocenters. The molecule has 1 aromatic carbocycles. The lowest BCUT2D eigenvalue weighted by Gasteiger charge is -2.37. The maximum absolute atomic E-state index is 6.07. The fourth-order valence-corrected chi connectivity index (χ4v) is 4.03. The van der Waals surface area contributed by atoms with Crippen LogP contribution >= 0.6 is 23.2 Å². The molecule has 2 aliphatic rings. The van der Waals surface area contributed by atoms with E-state index >= 15 is 0 Å². The van der Waals surface area contributed by atoms with Gasteiger partial charge in [0.2, 0.25) is 0 Å². The molecule has 0 bridgehead atoms. The molecule has 4 heteroatoms. The maximum atomic E-state index is 6.07. The van der Waals surface area contributed by atoms with Crippen LogP contribution in [0.2, 0.25) is 10.0 Å². The number of allylic oxidation sites excluding steroid dienone is 2. The monoisotopic (exact) mass is 354 g/mol. The van der Waals surface area contributed by atoms with Crippen molar-refractivity contribution < 1.29 is 9.47 Å². The van der Waals surface area contributed by atoms with Crippen LogP contribution in [-0.2, 0) is 9.47 Å². The predicted octanol–water partition coefficient (Wildman–Crippen LogP) is 6.04. The first-order chi connectivity index (χ1) is 11.2. The third-order valence-corrected chi connectivity index (χ3v) is 5.83. The van der Waals surface area contributed by atoms with Crippen LogP contribution in [0.15, 0.2) is 30.4 Å². The van der Waals surface area contributed by atoms with Crippen molar-refractivity contribution in [2.24, 2.45) is 17.8 Å². The summed E-state index contributed by atoms with van der Waals surface area (Å²) in [5, 5.41) is 1.10. The molecule has 0 aromatic heterocycles.